The highest BCUT2D eigenvalue weighted by Crippen LogP contribution is 2.24. The number of anilines is 1. The number of hydrogen-bond donors (Lipinski definition) is 1. The third kappa shape index (κ3) is 4.02. The summed E-state index contributed by atoms with van der Waals surface area (Å²) in [6.07, 6.45) is 0. The smallest absolute Gasteiger partial charge is 0.295 e. The summed E-state index contributed by atoms with van der Waals surface area (Å²) in [6, 6.07) is 19.1. The minimum atomic E-state index is -0.414. The van der Waals surface area contributed by atoms with Gasteiger partial charge in [-0.3, -0.25) is 4.79 Å². The van der Waals surface area contributed by atoms with Gasteiger partial charge in [0.25, 0.3) is 5.91 Å². The summed E-state index contributed by atoms with van der Waals surface area (Å²) in [5.74, 6) is -0.252. The number of nitrogens with one attached hydrogen (secondary N) is 1. The van der Waals surface area contributed by atoms with Crippen LogP contribution in [0.4, 0.5) is 10.1 Å². The van der Waals surface area contributed by atoms with Crippen molar-refractivity contribution in [2.24, 2.45) is 0 Å². The Morgan fingerprint density at radius 2 is 1.70 bits per heavy atom. The van der Waals surface area contributed by atoms with Crippen LogP contribution in [0.5, 0.6) is 0 Å². The molecule has 0 aliphatic rings. The molecule has 1 heterocycles. The molecule has 5 nitrogen and oxygen atoms in total. The topological polar surface area (TPSA) is 59.8 Å². The van der Waals surface area contributed by atoms with Crippen molar-refractivity contribution < 1.29 is 9.18 Å². The van der Waals surface area contributed by atoms with Crippen LogP contribution in [0.1, 0.15) is 21.7 Å². The van der Waals surface area contributed by atoms with E-state index in [1.54, 1.807) is 16.8 Å². The van der Waals surface area contributed by atoms with Gasteiger partial charge in [0.15, 0.2) is 5.82 Å². The number of carbonyl (C=O) groups excluding carboxylic acids is 1. The maximum Gasteiger partial charge on any atom is 0.295 e. The summed E-state index contributed by atoms with van der Waals surface area (Å²) in [5.41, 5.74) is 4.15. The zero-order valence-electron chi connectivity index (χ0n) is 16.4. The van der Waals surface area contributed by atoms with Crippen LogP contribution in [0, 0.1) is 19.7 Å². The zero-order chi connectivity index (χ0) is 21.3. The first-order valence-corrected chi connectivity index (χ1v) is 10.1. The average molecular weight is 465 g/mol. The van der Waals surface area contributed by atoms with Gasteiger partial charge in [-0.15, -0.1) is 5.10 Å². The molecule has 1 N–H and O–H groups in total. The Morgan fingerprint density at radius 1 is 1.00 bits per heavy atom. The molecular formula is C23H18BrFN4O. The number of hydrogen-bond acceptors (Lipinski definition) is 3. The van der Waals surface area contributed by atoms with Crippen molar-refractivity contribution in [3.63, 3.8) is 0 Å². The summed E-state index contributed by atoms with van der Waals surface area (Å²) < 4.78 is 15.9. The Labute approximate surface area is 181 Å². The van der Waals surface area contributed by atoms with E-state index < -0.39 is 5.91 Å². The predicted octanol–water partition coefficient (Wildman–Crippen LogP) is 5.71. The molecule has 0 aliphatic carbocycles. The highest BCUT2D eigenvalue weighted by Gasteiger charge is 2.19. The molecule has 0 unspecified atom stereocenters. The minimum Gasteiger partial charge on any atom is -0.319 e. The number of halogens is 2. The summed E-state index contributed by atoms with van der Waals surface area (Å²) in [6.45, 7) is 3.93. The first kappa shape index (κ1) is 20.0. The van der Waals surface area contributed by atoms with Crippen LogP contribution in [0.15, 0.2) is 71.2 Å². The van der Waals surface area contributed by atoms with Crippen LogP contribution in [-0.4, -0.2) is 20.7 Å². The molecule has 1 amide bonds. The van der Waals surface area contributed by atoms with Gasteiger partial charge in [0.1, 0.15) is 5.82 Å². The van der Waals surface area contributed by atoms with Gasteiger partial charge in [-0.1, -0.05) is 40.2 Å². The Hall–Kier alpha value is -3.32. The standard InChI is InChI=1S/C23H18BrFN4O/c1-14-4-3-5-20(15(14)2)26-23(30)21-27-22(16-6-8-17(24)9-7-16)29(28-21)19-12-10-18(25)11-13-19/h3-13H,1-2H3,(H,26,30). The molecule has 0 saturated carbocycles. The maximum atomic E-state index is 13.4. The van der Waals surface area contributed by atoms with Crippen molar-refractivity contribution in [3.05, 3.63) is 94.0 Å². The lowest BCUT2D eigenvalue weighted by Crippen LogP contribution is -2.15. The summed E-state index contributed by atoms with van der Waals surface area (Å²) in [7, 11) is 0. The van der Waals surface area contributed by atoms with Gasteiger partial charge in [0, 0.05) is 15.7 Å². The summed E-state index contributed by atoms with van der Waals surface area (Å²) >= 11 is 3.42. The maximum absolute atomic E-state index is 13.4. The van der Waals surface area contributed by atoms with Crippen LogP contribution < -0.4 is 5.32 Å². The van der Waals surface area contributed by atoms with E-state index in [1.165, 1.54) is 12.1 Å². The molecule has 7 heteroatoms. The van der Waals surface area contributed by atoms with Crippen LogP contribution >= 0.6 is 15.9 Å². The molecule has 0 saturated heterocycles. The molecule has 0 bridgehead atoms. The van der Waals surface area contributed by atoms with Gasteiger partial charge in [0.05, 0.1) is 5.69 Å². The summed E-state index contributed by atoms with van der Waals surface area (Å²) in [4.78, 5) is 17.4. The van der Waals surface area contributed by atoms with Gasteiger partial charge in [-0.2, -0.15) is 0 Å². The fraction of sp³-hybridized carbons (Fsp3) is 0.0870. The molecule has 30 heavy (non-hydrogen) atoms. The van der Waals surface area contributed by atoms with Crippen LogP contribution in [0.3, 0.4) is 0 Å². The molecule has 0 spiro atoms. The Morgan fingerprint density at radius 3 is 2.40 bits per heavy atom. The highest BCUT2D eigenvalue weighted by molar-refractivity contribution is 9.10. The fourth-order valence-corrected chi connectivity index (χ4v) is 3.29. The molecule has 4 aromatic rings. The largest absolute Gasteiger partial charge is 0.319 e. The third-order valence-electron chi connectivity index (χ3n) is 4.84. The second-order valence-electron chi connectivity index (χ2n) is 6.86. The van der Waals surface area contributed by atoms with Gasteiger partial charge in [0.2, 0.25) is 5.82 Å². The van der Waals surface area contributed by atoms with E-state index in [1.807, 2.05) is 56.3 Å². The SMILES string of the molecule is Cc1cccc(NC(=O)c2nc(-c3ccc(Br)cc3)n(-c3ccc(F)cc3)n2)c1C. The van der Waals surface area contributed by atoms with E-state index in [4.69, 9.17) is 0 Å². The second kappa shape index (κ2) is 8.20. The molecule has 150 valence electrons. The number of aryl methyl sites for hydroxylation is 1. The molecule has 1 aromatic heterocycles. The van der Waals surface area contributed by atoms with E-state index in [0.29, 0.717) is 17.2 Å². The predicted molar refractivity (Wildman–Crippen MR) is 118 cm³/mol. The van der Waals surface area contributed by atoms with Crippen LogP contribution in [0.2, 0.25) is 0 Å². The third-order valence-corrected chi connectivity index (χ3v) is 5.37. The lowest BCUT2D eigenvalue weighted by atomic mass is 10.1. The lowest BCUT2D eigenvalue weighted by Gasteiger charge is -2.08. The number of rotatable bonds is 4. The quantitative estimate of drug-likeness (QED) is 0.420. The minimum absolute atomic E-state index is 0.0261. The molecule has 0 radical (unpaired) electrons. The van der Waals surface area contributed by atoms with Crippen molar-refractivity contribution >= 4 is 27.5 Å². The van der Waals surface area contributed by atoms with E-state index in [0.717, 1.165) is 21.2 Å². The Bertz CT molecular complexity index is 1150. The lowest BCUT2D eigenvalue weighted by molar-refractivity contribution is 0.101. The number of benzene rings is 3. The van der Waals surface area contributed by atoms with E-state index in [2.05, 4.69) is 31.3 Å². The van der Waals surface area contributed by atoms with E-state index in [-0.39, 0.29) is 11.6 Å². The number of amides is 1. The molecule has 3 aromatic carbocycles. The molecule has 0 aliphatic heterocycles. The second-order valence-corrected chi connectivity index (χ2v) is 7.77. The van der Waals surface area contributed by atoms with Crippen molar-refractivity contribution in [3.8, 4) is 17.1 Å². The van der Waals surface area contributed by atoms with Crippen LogP contribution in [-0.2, 0) is 0 Å². The molecule has 0 atom stereocenters. The van der Waals surface area contributed by atoms with Gasteiger partial charge in [-0.25, -0.2) is 14.1 Å². The van der Waals surface area contributed by atoms with E-state index in [9.17, 15) is 9.18 Å². The number of aromatic nitrogens is 3. The van der Waals surface area contributed by atoms with Gasteiger partial charge < -0.3 is 5.32 Å². The Kier molecular flexibility index (Phi) is 5.46. The van der Waals surface area contributed by atoms with Gasteiger partial charge in [-0.05, 0) is 67.4 Å². The molecular weight excluding hydrogens is 447 g/mol. The fourth-order valence-electron chi connectivity index (χ4n) is 3.02. The van der Waals surface area contributed by atoms with Crippen molar-refractivity contribution in [1.82, 2.24) is 14.8 Å². The van der Waals surface area contributed by atoms with Crippen molar-refractivity contribution in [1.29, 1.82) is 0 Å². The monoisotopic (exact) mass is 464 g/mol. The zero-order valence-corrected chi connectivity index (χ0v) is 17.9. The molecule has 4 rings (SSSR count). The first-order valence-electron chi connectivity index (χ1n) is 9.29. The Balaban J connectivity index is 1.76. The normalized spacial score (nSPS) is 10.8. The summed E-state index contributed by atoms with van der Waals surface area (Å²) in [5, 5.41) is 7.30. The highest BCUT2D eigenvalue weighted by atomic mass is 79.9. The number of nitrogens with zero attached hydrogens (tertiary/aromatic N) is 3. The van der Waals surface area contributed by atoms with Crippen molar-refractivity contribution in [2.45, 2.75) is 13.8 Å². The first-order chi connectivity index (χ1) is 14.4. The van der Waals surface area contributed by atoms with Crippen molar-refractivity contribution in [2.75, 3.05) is 5.32 Å². The van der Waals surface area contributed by atoms with Gasteiger partial charge >= 0.3 is 0 Å². The average Bonchev–Trinajstić information content (AvgIpc) is 3.18. The van der Waals surface area contributed by atoms with Crippen LogP contribution in [0.25, 0.3) is 17.1 Å². The van der Waals surface area contributed by atoms with E-state index >= 15 is 0 Å². The molecule has 0 fully saturated rings. The number of carbonyl (C=O) groups is 1.